The number of carboxylic acids is 1. The van der Waals surface area contributed by atoms with Gasteiger partial charge >= 0.3 is 5.97 Å². The van der Waals surface area contributed by atoms with E-state index in [1.165, 1.54) is 6.42 Å². The van der Waals surface area contributed by atoms with Crippen LogP contribution in [0.25, 0.3) is 0 Å². The van der Waals surface area contributed by atoms with E-state index in [0.717, 1.165) is 23.2 Å². The Kier molecular flexibility index (Phi) is 3.19. The average Bonchev–Trinajstić information content (AvgIpc) is 2.64. The first-order valence-corrected chi connectivity index (χ1v) is 6.14. The van der Waals surface area contributed by atoms with Gasteiger partial charge in [-0.15, -0.1) is 0 Å². The summed E-state index contributed by atoms with van der Waals surface area (Å²) in [5.74, 6) is -0.193. The largest absolute Gasteiger partial charge is 0.478 e. The van der Waals surface area contributed by atoms with Crippen molar-refractivity contribution >= 4 is 27.6 Å². The fourth-order valence-electron chi connectivity index (χ4n) is 2.05. The first-order chi connectivity index (χ1) is 7.56. The molecule has 1 fully saturated rings. The molecule has 4 heteroatoms. The lowest BCUT2D eigenvalue weighted by Crippen LogP contribution is -2.19. The maximum absolute atomic E-state index is 10.9. The highest BCUT2D eigenvalue weighted by atomic mass is 79.9. The number of halogens is 1. The molecule has 1 aromatic rings. The molecule has 0 aromatic heterocycles. The Morgan fingerprint density at radius 2 is 2.25 bits per heavy atom. The topological polar surface area (TPSA) is 40.5 Å². The fraction of sp³-hybridized carbons (Fsp3) is 0.417. The van der Waals surface area contributed by atoms with Gasteiger partial charge < -0.3 is 10.0 Å². The molecule has 1 atom stereocenters. The molecule has 1 saturated heterocycles. The van der Waals surface area contributed by atoms with Crippen LogP contribution in [0.15, 0.2) is 22.7 Å². The van der Waals surface area contributed by atoms with Crippen LogP contribution in [0.1, 0.15) is 23.7 Å². The molecule has 1 aromatic carbocycles. The van der Waals surface area contributed by atoms with E-state index in [1.54, 1.807) is 12.1 Å². The minimum absolute atomic E-state index is 0.337. The van der Waals surface area contributed by atoms with Crippen molar-refractivity contribution in [1.82, 2.24) is 0 Å². The quantitative estimate of drug-likeness (QED) is 0.907. The summed E-state index contributed by atoms with van der Waals surface area (Å²) in [6.07, 6.45) is 1.18. The van der Waals surface area contributed by atoms with Crippen molar-refractivity contribution in [3.63, 3.8) is 0 Å². The molecular weight excluding hydrogens is 270 g/mol. The summed E-state index contributed by atoms with van der Waals surface area (Å²) >= 11 is 3.35. The molecule has 16 heavy (non-hydrogen) atoms. The number of rotatable bonds is 2. The van der Waals surface area contributed by atoms with Crippen molar-refractivity contribution in [2.45, 2.75) is 13.3 Å². The van der Waals surface area contributed by atoms with Crippen LogP contribution < -0.4 is 4.90 Å². The van der Waals surface area contributed by atoms with E-state index in [2.05, 4.69) is 27.8 Å². The van der Waals surface area contributed by atoms with Gasteiger partial charge in [-0.3, -0.25) is 0 Å². The van der Waals surface area contributed by atoms with Gasteiger partial charge in [-0.1, -0.05) is 22.9 Å². The van der Waals surface area contributed by atoms with E-state index in [9.17, 15) is 4.79 Å². The van der Waals surface area contributed by atoms with E-state index in [0.29, 0.717) is 11.5 Å². The number of anilines is 1. The van der Waals surface area contributed by atoms with Gasteiger partial charge in [-0.25, -0.2) is 4.79 Å². The summed E-state index contributed by atoms with van der Waals surface area (Å²) in [7, 11) is 0. The van der Waals surface area contributed by atoms with Crippen LogP contribution in [-0.4, -0.2) is 24.2 Å². The maximum atomic E-state index is 10.9. The smallest absolute Gasteiger partial charge is 0.335 e. The van der Waals surface area contributed by atoms with Gasteiger partial charge in [0.25, 0.3) is 0 Å². The predicted octanol–water partition coefficient (Wildman–Crippen LogP) is 2.99. The molecule has 0 saturated carbocycles. The molecular formula is C12H14BrNO2. The maximum Gasteiger partial charge on any atom is 0.335 e. The van der Waals surface area contributed by atoms with Crippen molar-refractivity contribution in [3.05, 3.63) is 28.2 Å². The molecule has 1 heterocycles. The second-order valence-electron chi connectivity index (χ2n) is 4.34. The molecule has 1 aliphatic rings. The number of nitrogens with zero attached hydrogens (tertiary/aromatic N) is 1. The summed E-state index contributed by atoms with van der Waals surface area (Å²) in [6.45, 7) is 4.24. The van der Waals surface area contributed by atoms with Crippen molar-refractivity contribution < 1.29 is 9.90 Å². The SMILES string of the molecule is CC1CCN(c2cc(Br)cc(C(=O)O)c2)C1. The van der Waals surface area contributed by atoms with Crippen LogP contribution in [0, 0.1) is 5.92 Å². The Balaban J connectivity index is 2.30. The van der Waals surface area contributed by atoms with Crippen LogP contribution in [0.5, 0.6) is 0 Å². The second-order valence-corrected chi connectivity index (χ2v) is 5.26. The Morgan fingerprint density at radius 3 is 2.81 bits per heavy atom. The van der Waals surface area contributed by atoms with E-state index in [1.807, 2.05) is 6.07 Å². The predicted molar refractivity (Wildman–Crippen MR) is 67.1 cm³/mol. The summed E-state index contributed by atoms with van der Waals surface area (Å²) < 4.78 is 0.821. The molecule has 1 N–H and O–H groups in total. The van der Waals surface area contributed by atoms with Gasteiger partial charge in [0.2, 0.25) is 0 Å². The van der Waals surface area contributed by atoms with Crippen molar-refractivity contribution in [2.75, 3.05) is 18.0 Å². The van der Waals surface area contributed by atoms with Crippen molar-refractivity contribution in [3.8, 4) is 0 Å². The molecule has 1 aliphatic heterocycles. The summed E-state index contributed by atoms with van der Waals surface area (Å²) in [5.41, 5.74) is 1.33. The van der Waals surface area contributed by atoms with Crippen LogP contribution in [0.3, 0.4) is 0 Å². The van der Waals surface area contributed by atoms with Gasteiger partial charge in [0.05, 0.1) is 5.56 Å². The van der Waals surface area contributed by atoms with E-state index in [-0.39, 0.29) is 0 Å². The number of hydrogen-bond donors (Lipinski definition) is 1. The van der Waals surface area contributed by atoms with E-state index >= 15 is 0 Å². The number of carboxylic acid groups (broad SMARTS) is 1. The first kappa shape index (κ1) is 11.5. The Labute approximate surface area is 103 Å². The summed E-state index contributed by atoms with van der Waals surface area (Å²) in [5, 5.41) is 8.99. The zero-order chi connectivity index (χ0) is 11.7. The molecule has 3 nitrogen and oxygen atoms in total. The lowest BCUT2D eigenvalue weighted by Gasteiger charge is -2.19. The standard InChI is InChI=1S/C12H14BrNO2/c1-8-2-3-14(7-8)11-5-9(12(15)16)4-10(13)6-11/h4-6,8H,2-3,7H2,1H3,(H,15,16). The Bertz CT molecular complexity index is 419. The van der Waals surface area contributed by atoms with Gasteiger partial charge in [-0.2, -0.15) is 0 Å². The molecule has 0 bridgehead atoms. The van der Waals surface area contributed by atoms with Crippen LogP contribution in [0.2, 0.25) is 0 Å². The molecule has 0 spiro atoms. The number of benzene rings is 1. The van der Waals surface area contributed by atoms with Crippen molar-refractivity contribution in [1.29, 1.82) is 0 Å². The van der Waals surface area contributed by atoms with Gasteiger partial charge in [0.1, 0.15) is 0 Å². The first-order valence-electron chi connectivity index (χ1n) is 5.35. The van der Waals surface area contributed by atoms with Gasteiger partial charge in [0.15, 0.2) is 0 Å². The number of aromatic carboxylic acids is 1. The Morgan fingerprint density at radius 1 is 1.50 bits per heavy atom. The molecule has 0 aliphatic carbocycles. The lowest BCUT2D eigenvalue weighted by atomic mass is 10.2. The monoisotopic (exact) mass is 283 g/mol. The highest BCUT2D eigenvalue weighted by Crippen LogP contribution is 2.27. The third-order valence-corrected chi connectivity index (χ3v) is 3.38. The molecule has 1 unspecified atom stereocenters. The normalized spacial score (nSPS) is 20.1. The second kappa shape index (κ2) is 4.45. The average molecular weight is 284 g/mol. The Hall–Kier alpha value is -1.03. The van der Waals surface area contributed by atoms with Crippen LogP contribution in [0.4, 0.5) is 5.69 Å². The molecule has 2 rings (SSSR count). The van der Waals surface area contributed by atoms with Crippen LogP contribution >= 0.6 is 15.9 Å². The highest BCUT2D eigenvalue weighted by Gasteiger charge is 2.20. The zero-order valence-electron chi connectivity index (χ0n) is 9.11. The molecule has 86 valence electrons. The minimum Gasteiger partial charge on any atom is -0.478 e. The number of hydrogen-bond acceptors (Lipinski definition) is 2. The van der Waals surface area contributed by atoms with Crippen LogP contribution in [-0.2, 0) is 0 Å². The highest BCUT2D eigenvalue weighted by molar-refractivity contribution is 9.10. The van der Waals surface area contributed by atoms with Gasteiger partial charge in [-0.05, 0) is 30.5 Å². The van der Waals surface area contributed by atoms with Gasteiger partial charge in [0, 0.05) is 23.2 Å². The summed E-state index contributed by atoms with van der Waals surface area (Å²) in [6, 6.07) is 5.35. The zero-order valence-corrected chi connectivity index (χ0v) is 10.7. The lowest BCUT2D eigenvalue weighted by molar-refractivity contribution is 0.0697. The van der Waals surface area contributed by atoms with E-state index < -0.39 is 5.97 Å². The minimum atomic E-state index is -0.880. The molecule has 0 radical (unpaired) electrons. The van der Waals surface area contributed by atoms with E-state index in [4.69, 9.17) is 5.11 Å². The molecule has 0 amide bonds. The third-order valence-electron chi connectivity index (χ3n) is 2.92. The number of carbonyl (C=O) groups is 1. The fourth-order valence-corrected chi connectivity index (χ4v) is 2.53. The summed E-state index contributed by atoms with van der Waals surface area (Å²) in [4.78, 5) is 13.2. The van der Waals surface area contributed by atoms with Crippen molar-refractivity contribution in [2.24, 2.45) is 5.92 Å². The third kappa shape index (κ3) is 2.38.